The first-order valence-electron chi connectivity index (χ1n) is 24.1. The van der Waals surface area contributed by atoms with E-state index in [4.69, 9.17) is 39.8 Å². The highest BCUT2D eigenvalue weighted by Gasteiger charge is 2.23. The molecule has 0 atom stereocenters. The fraction of sp³-hybridized carbons (Fsp3) is 0.228. The number of fused-ring (bicyclic) bond motifs is 2. The first-order valence-corrected chi connectivity index (χ1v) is 25.2. The fourth-order valence-corrected chi connectivity index (χ4v) is 10.4. The molecule has 2 aliphatic rings. The van der Waals surface area contributed by atoms with Crippen LogP contribution in [0.25, 0.3) is 44.1 Å². The van der Waals surface area contributed by atoms with Crippen molar-refractivity contribution < 1.29 is 24.2 Å². The van der Waals surface area contributed by atoms with E-state index < -0.39 is 11.6 Å². The third-order valence-corrected chi connectivity index (χ3v) is 14.6. The van der Waals surface area contributed by atoms with Gasteiger partial charge < -0.3 is 26.2 Å². The van der Waals surface area contributed by atoms with Crippen molar-refractivity contribution in [2.45, 2.75) is 33.5 Å². The number of piperazine rings is 2. The maximum Gasteiger partial charge on any atom is 0.170 e. The summed E-state index contributed by atoms with van der Waals surface area (Å²) in [5.74, 6) is -1.90. The Balaban J connectivity index is 0.867. The number of phenols is 2. The van der Waals surface area contributed by atoms with Crippen molar-refractivity contribution in [3.05, 3.63) is 164 Å². The molecule has 8 aromatic rings. The molecule has 5 N–H and O–H groups in total. The molecule has 372 valence electrons. The van der Waals surface area contributed by atoms with E-state index in [1.165, 1.54) is 24.6 Å². The van der Waals surface area contributed by atoms with Gasteiger partial charge in [-0.2, -0.15) is 0 Å². The number of Topliss-reactive ketones (excluding diaryl/α,β-unsaturated/α-hetero) is 2. The Bertz CT molecular complexity index is 3370. The number of hydrogen-bond acceptors (Lipinski definition) is 12. The van der Waals surface area contributed by atoms with Crippen LogP contribution in [0.15, 0.2) is 116 Å². The first-order chi connectivity index (χ1) is 35.2. The van der Waals surface area contributed by atoms with Crippen LogP contribution in [0.3, 0.4) is 0 Å². The molecule has 0 saturated carbocycles. The summed E-state index contributed by atoms with van der Waals surface area (Å²) in [7, 11) is 0. The number of phenolic OH excluding ortho intramolecular Hbond substituents is 2. The quantitative estimate of drug-likeness (QED) is 0.0661. The normalized spacial score (nSPS) is 14.7. The second-order valence-corrected chi connectivity index (χ2v) is 20.0. The topological polar surface area (TPSA) is 146 Å². The van der Waals surface area contributed by atoms with Gasteiger partial charge >= 0.3 is 0 Å². The minimum Gasteiger partial charge on any atom is -0.505 e. The summed E-state index contributed by atoms with van der Waals surface area (Å²) in [6.07, 6.45) is 3.22. The van der Waals surface area contributed by atoms with Crippen molar-refractivity contribution in [2.75, 3.05) is 63.0 Å². The zero-order valence-electron chi connectivity index (χ0n) is 40.2. The van der Waals surface area contributed by atoms with Gasteiger partial charge in [-0.3, -0.25) is 34.3 Å². The number of nitrogens with one attached hydrogen (secondary N) is 3. The molecule has 2 fully saturated rings. The maximum absolute atomic E-state index is 14.5. The van der Waals surface area contributed by atoms with Crippen LogP contribution in [-0.2, 0) is 19.6 Å². The predicted octanol–water partition coefficient (Wildman–Crippen LogP) is 12.2. The van der Waals surface area contributed by atoms with E-state index in [9.17, 15) is 24.2 Å². The number of aromatic nitrogens is 2. The number of carbonyl (C=O) groups excluding carboxylic acids is 2. The lowest BCUT2D eigenvalue weighted by atomic mass is 9.96. The zero-order valence-corrected chi connectivity index (χ0v) is 42.5. The van der Waals surface area contributed by atoms with Crippen LogP contribution in [0.4, 0.5) is 27.1 Å². The van der Waals surface area contributed by atoms with Gasteiger partial charge in [-0.1, -0.05) is 65.1 Å². The van der Waals surface area contributed by atoms with E-state index in [-0.39, 0.29) is 32.4 Å². The summed E-state index contributed by atoms with van der Waals surface area (Å²) in [6.45, 7) is 12.5. The lowest BCUT2D eigenvalue weighted by molar-refractivity contribution is 0.101. The van der Waals surface area contributed by atoms with Crippen molar-refractivity contribution in [1.82, 2.24) is 30.0 Å². The number of nitrogens with zero attached hydrogens (tertiary/aromatic N) is 5. The number of pyridine rings is 2. The summed E-state index contributed by atoms with van der Waals surface area (Å²) < 4.78 is 14.5. The Labute approximate surface area is 437 Å². The van der Waals surface area contributed by atoms with Crippen molar-refractivity contribution in [3.63, 3.8) is 0 Å². The van der Waals surface area contributed by atoms with Crippen molar-refractivity contribution in [1.29, 1.82) is 0 Å². The number of anilines is 4. The molecule has 6 aromatic carbocycles. The van der Waals surface area contributed by atoms with E-state index in [1.807, 2.05) is 24.3 Å². The molecule has 0 spiro atoms. The van der Waals surface area contributed by atoms with Crippen LogP contribution < -0.4 is 16.0 Å². The summed E-state index contributed by atoms with van der Waals surface area (Å²) in [4.78, 5) is 42.9. The van der Waals surface area contributed by atoms with Gasteiger partial charge in [0.1, 0.15) is 0 Å². The molecule has 0 aliphatic carbocycles. The average Bonchev–Trinajstić information content (AvgIpc) is 3.38. The van der Waals surface area contributed by atoms with Crippen molar-refractivity contribution >= 4 is 90.9 Å². The van der Waals surface area contributed by atoms with Crippen LogP contribution in [0, 0.1) is 5.82 Å². The van der Waals surface area contributed by atoms with E-state index in [0.717, 1.165) is 110 Å². The summed E-state index contributed by atoms with van der Waals surface area (Å²) >= 11 is 19.1. The molecular formula is C57H52Cl3FN8O4. The van der Waals surface area contributed by atoms with Gasteiger partial charge in [-0.15, -0.1) is 0 Å². The van der Waals surface area contributed by atoms with Crippen LogP contribution in [-0.4, -0.2) is 98.8 Å². The second kappa shape index (κ2) is 21.4. The maximum atomic E-state index is 14.5. The van der Waals surface area contributed by atoms with E-state index in [2.05, 4.69) is 78.1 Å². The Hall–Kier alpha value is -6.68. The number of carbonyl (C=O) groups is 2. The highest BCUT2D eigenvalue weighted by molar-refractivity contribution is 6.37. The SMILES string of the molecule is CC(=O)c1cnc2ccc(-c3cc(F)c(O)c(Cl)c3)cc2c1Nc1ccc(CN2CCN(Cc3cc(-c4cc(Cl)c(O)c(Cl)c4)cc4c(Nc5ccc(CN6CCNCC6)cc5)c(C(C)=O)cnc34)CC2)cc1. The number of rotatable bonds is 14. The summed E-state index contributed by atoms with van der Waals surface area (Å²) in [6, 6.07) is 32.1. The van der Waals surface area contributed by atoms with Gasteiger partial charge in [0.05, 0.1) is 48.6 Å². The van der Waals surface area contributed by atoms with Gasteiger partial charge in [0.2, 0.25) is 0 Å². The Morgan fingerprint density at radius 3 is 1.62 bits per heavy atom. The van der Waals surface area contributed by atoms with Gasteiger partial charge in [-0.05, 0) is 126 Å². The van der Waals surface area contributed by atoms with Gasteiger partial charge in [0.15, 0.2) is 28.9 Å². The lowest BCUT2D eigenvalue weighted by Crippen LogP contribution is -2.45. The highest BCUT2D eigenvalue weighted by atomic mass is 35.5. The molecule has 4 heterocycles. The largest absolute Gasteiger partial charge is 0.505 e. The van der Waals surface area contributed by atoms with Crippen molar-refractivity contribution in [3.8, 4) is 33.8 Å². The van der Waals surface area contributed by atoms with E-state index >= 15 is 0 Å². The highest BCUT2D eigenvalue weighted by Crippen LogP contribution is 2.41. The summed E-state index contributed by atoms with van der Waals surface area (Å²) in [5.41, 5.74) is 11.1. The molecule has 0 unspecified atom stereocenters. The van der Waals surface area contributed by atoms with Crippen molar-refractivity contribution in [2.24, 2.45) is 0 Å². The number of aromatic hydroxyl groups is 2. The molecule has 0 radical (unpaired) electrons. The Kier molecular flexibility index (Phi) is 14.6. The summed E-state index contributed by atoms with van der Waals surface area (Å²) in [5, 5.41) is 32.5. The lowest BCUT2D eigenvalue weighted by Gasteiger charge is -2.35. The van der Waals surface area contributed by atoms with Gasteiger partial charge in [0.25, 0.3) is 0 Å². The second-order valence-electron chi connectivity index (χ2n) is 18.8. The monoisotopic (exact) mass is 1040 g/mol. The molecular weight excluding hydrogens is 986 g/mol. The molecule has 10 rings (SSSR count). The first kappa shape index (κ1) is 49.9. The molecule has 12 nitrogen and oxygen atoms in total. The van der Waals surface area contributed by atoms with Gasteiger partial charge in [0, 0.05) is 107 Å². The third-order valence-electron chi connectivity index (χ3n) is 13.7. The van der Waals surface area contributed by atoms with Crippen LogP contribution in [0.2, 0.25) is 15.1 Å². The number of benzene rings is 6. The molecule has 16 heteroatoms. The van der Waals surface area contributed by atoms with E-state index in [0.29, 0.717) is 51.1 Å². The molecule has 0 bridgehead atoms. The average molecular weight is 1040 g/mol. The molecule has 0 amide bonds. The standard InChI is InChI=1S/C57H52Cl3FN8O4/c1-33(70)46-28-63-52-12-7-37(40-26-50(60)57(73)51(61)27-40)22-44(52)54(46)65-42-8-5-36(6-9-42)31-68-17-19-69(20-18-68)32-41-21-38(39-24-48(58)56(72)49(59)25-39)23-45-53(41)64-29-47(34(2)71)55(45)66-43-10-3-35(4-11-43)30-67-15-13-62-14-16-67/h3-12,21-29,62,72-73H,13-20,30-32H2,1-2H3,(H,63,65)(H,64,66). The number of hydrogen-bond donors (Lipinski definition) is 5. The predicted molar refractivity (Wildman–Crippen MR) is 291 cm³/mol. The Morgan fingerprint density at radius 2 is 1.05 bits per heavy atom. The third kappa shape index (κ3) is 11.0. The molecule has 2 aliphatic heterocycles. The molecule has 73 heavy (non-hydrogen) atoms. The van der Waals surface area contributed by atoms with Gasteiger partial charge in [-0.25, -0.2) is 4.39 Å². The molecule has 2 saturated heterocycles. The minimum absolute atomic E-state index is 0.101. The van der Waals surface area contributed by atoms with Crippen LogP contribution in [0.1, 0.15) is 51.3 Å². The molecule has 2 aromatic heterocycles. The fourth-order valence-electron chi connectivity index (χ4n) is 9.71. The number of ketones is 2. The minimum atomic E-state index is -0.830. The smallest absolute Gasteiger partial charge is 0.170 e. The van der Waals surface area contributed by atoms with E-state index in [1.54, 1.807) is 43.6 Å². The zero-order chi connectivity index (χ0) is 50.9. The number of halogens is 4. The van der Waals surface area contributed by atoms with Crippen LogP contribution >= 0.6 is 34.8 Å². The van der Waals surface area contributed by atoms with Crippen LogP contribution in [0.5, 0.6) is 11.5 Å². The Morgan fingerprint density at radius 1 is 0.575 bits per heavy atom.